The molecule has 7 nitrogen and oxygen atoms in total. The van der Waals surface area contributed by atoms with E-state index in [9.17, 15) is 9.59 Å². The molecule has 0 unspecified atom stereocenters. The Bertz CT molecular complexity index is 678. The first kappa shape index (κ1) is 17.9. The molecule has 2 rings (SSSR count). The Balaban J connectivity index is 1.75. The van der Waals surface area contributed by atoms with Crippen LogP contribution in [0, 0.1) is 0 Å². The molecule has 128 valence electrons. The Morgan fingerprint density at radius 1 is 1.21 bits per heavy atom. The molecule has 0 radical (unpaired) electrons. The van der Waals surface area contributed by atoms with E-state index < -0.39 is 11.7 Å². The van der Waals surface area contributed by atoms with Crippen LogP contribution in [0.4, 0.5) is 10.5 Å². The number of nitrogens with zero attached hydrogens (tertiary/aromatic N) is 2. The van der Waals surface area contributed by atoms with E-state index in [4.69, 9.17) is 4.74 Å². The minimum absolute atomic E-state index is 0.166. The molecule has 2 amide bonds. The molecule has 1 aromatic carbocycles. The normalized spacial score (nSPS) is 11.0. The van der Waals surface area contributed by atoms with Crippen LogP contribution in [-0.2, 0) is 9.53 Å². The highest BCUT2D eigenvalue weighted by Crippen LogP contribution is 2.23. The van der Waals surface area contributed by atoms with E-state index in [1.165, 1.54) is 11.5 Å². The van der Waals surface area contributed by atoms with E-state index in [0.29, 0.717) is 5.69 Å². The predicted molar refractivity (Wildman–Crippen MR) is 92.8 cm³/mol. The minimum Gasteiger partial charge on any atom is -0.444 e. The number of benzene rings is 1. The number of aromatic nitrogens is 2. The van der Waals surface area contributed by atoms with Crippen molar-refractivity contribution in [3.8, 4) is 10.4 Å². The molecule has 0 saturated heterocycles. The summed E-state index contributed by atoms with van der Waals surface area (Å²) in [7, 11) is 0. The van der Waals surface area contributed by atoms with Gasteiger partial charge in [-0.15, -0.1) is 5.10 Å². The zero-order chi connectivity index (χ0) is 17.6. The van der Waals surface area contributed by atoms with Crippen molar-refractivity contribution in [3.63, 3.8) is 0 Å². The van der Waals surface area contributed by atoms with Gasteiger partial charge in [-0.05, 0) is 50.0 Å². The van der Waals surface area contributed by atoms with E-state index in [1.807, 2.05) is 24.3 Å². The summed E-state index contributed by atoms with van der Waals surface area (Å²) in [5, 5.41) is 9.12. The fourth-order valence-corrected chi connectivity index (χ4v) is 2.35. The third-order valence-electron chi connectivity index (χ3n) is 2.83. The quantitative estimate of drug-likeness (QED) is 0.866. The van der Waals surface area contributed by atoms with E-state index in [0.717, 1.165) is 10.4 Å². The van der Waals surface area contributed by atoms with Gasteiger partial charge in [-0.2, -0.15) is 0 Å². The molecule has 0 aliphatic carbocycles. The molecule has 8 heteroatoms. The van der Waals surface area contributed by atoms with E-state index in [1.54, 1.807) is 27.0 Å². The maximum atomic E-state index is 11.9. The second-order valence-corrected chi connectivity index (χ2v) is 6.87. The van der Waals surface area contributed by atoms with Gasteiger partial charge in [0.1, 0.15) is 5.60 Å². The SMILES string of the molecule is CC(C)(C)OC(=O)NCCC(=O)Nc1ccc(-c2cnns2)cc1. The molecular formula is C16H20N4O3S. The smallest absolute Gasteiger partial charge is 0.407 e. The molecule has 0 saturated carbocycles. The zero-order valence-corrected chi connectivity index (χ0v) is 14.6. The number of carbonyl (C=O) groups excluding carboxylic acids is 2. The Labute approximate surface area is 144 Å². The molecule has 0 aliphatic heterocycles. The second kappa shape index (κ2) is 7.87. The average Bonchev–Trinajstić information content (AvgIpc) is 3.00. The molecule has 2 aromatic rings. The average molecular weight is 348 g/mol. The Morgan fingerprint density at radius 2 is 1.92 bits per heavy atom. The summed E-state index contributed by atoms with van der Waals surface area (Å²) in [5.41, 5.74) is 1.13. The lowest BCUT2D eigenvalue weighted by Crippen LogP contribution is -2.34. The number of anilines is 1. The fourth-order valence-electron chi connectivity index (χ4n) is 1.83. The first-order valence-electron chi connectivity index (χ1n) is 7.48. The van der Waals surface area contributed by atoms with Crippen molar-refractivity contribution < 1.29 is 14.3 Å². The number of amides is 2. The van der Waals surface area contributed by atoms with Crippen LogP contribution in [0.2, 0.25) is 0 Å². The van der Waals surface area contributed by atoms with Crippen LogP contribution in [-0.4, -0.2) is 33.7 Å². The number of carbonyl (C=O) groups is 2. The van der Waals surface area contributed by atoms with E-state index in [2.05, 4.69) is 20.2 Å². The third kappa shape index (κ3) is 5.96. The van der Waals surface area contributed by atoms with Crippen molar-refractivity contribution in [2.24, 2.45) is 0 Å². The number of hydrogen-bond donors (Lipinski definition) is 2. The standard InChI is InChI=1S/C16H20N4O3S/c1-16(2,3)23-15(22)17-9-8-14(21)19-12-6-4-11(5-7-12)13-10-18-20-24-13/h4-7,10H,8-9H2,1-3H3,(H,17,22)(H,19,21). The number of alkyl carbamates (subject to hydrolysis) is 1. The van der Waals surface area contributed by atoms with Crippen LogP contribution in [0.25, 0.3) is 10.4 Å². The van der Waals surface area contributed by atoms with Crippen LogP contribution in [0.5, 0.6) is 0 Å². The van der Waals surface area contributed by atoms with Gasteiger partial charge < -0.3 is 15.4 Å². The van der Waals surface area contributed by atoms with Gasteiger partial charge in [0.15, 0.2) is 0 Å². The Kier molecular flexibility index (Phi) is 5.86. The van der Waals surface area contributed by atoms with Gasteiger partial charge in [0.2, 0.25) is 5.91 Å². The van der Waals surface area contributed by atoms with Gasteiger partial charge in [0.05, 0.1) is 11.1 Å². The summed E-state index contributed by atoms with van der Waals surface area (Å²) in [5.74, 6) is -0.182. The third-order valence-corrected chi connectivity index (χ3v) is 3.55. The van der Waals surface area contributed by atoms with E-state index in [-0.39, 0.29) is 18.9 Å². The van der Waals surface area contributed by atoms with Gasteiger partial charge in [-0.1, -0.05) is 16.6 Å². The van der Waals surface area contributed by atoms with Crippen molar-refractivity contribution in [2.75, 3.05) is 11.9 Å². The largest absolute Gasteiger partial charge is 0.444 e. The highest BCUT2D eigenvalue weighted by molar-refractivity contribution is 7.09. The summed E-state index contributed by atoms with van der Waals surface area (Å²) in [4.78, 5) is 24.3. The number of ether oxygens (including phenoxy) is 1. The van der Waals surface area contributed by atoms with E-state index >= 15 is 0 Å². The lowest BCUT2D eigenvalue weighted by Gasteiger charge is -2.19. The van der Waals surface area contributed by atoms with Crippen LogP contribution < -0.4 is 10.6 Å². The minimum atomic E-state index is -0.554. The Hall–Kier alpha value is -2.48. The first-order chi connectivity index (χ1) is 11.3. The number of rotatable bonds is 5. The summed E-state index contributed by atoms with van der Waals surface area (Å²) in [6.45, 7) is 5.56. The molecule has 24 heavy (non-hydrogen) atoms. The van der Waals surface area contributed by atoms with Crippen molar-refractivity contribution >= 4 is 29.2 Å². The molecule has 0 bridgehead atoms. The highest BCUT2D eigenvalue weighted by atomic mass is 32.1. The lowest BCUT2D eigenvalue weighted by molar-refractivity contribution is -0.116. The number of hydrogen-bond acceptors (Lipinski definition) is 6. The molecular weight excluding hydrogens is 328 g/mol. The van der Waals surface area contributed by atoms with Crippen LogP contribution in [0.3, 0.4) is 0 Å². The van der Waals surface area contributed by atoms with Crippen molar-refractivity contribution in [1.82, 2.24) is 14.9 Å². The fraction of sp³-hybridized carbons (Fsp3) is 0.375. The van der Waals surface area contributed by atoms with Crippen molar-refractivity contribution in [3.05, 3.63) is 30.5 Å². The molecule has 1 aromatic heterocycles. The van der Waals surface area contributed by atoms with Crippen LogP contribution >= 0.6 is 11.5 Å². The van der Waals surface area contributed by atoms with Gasteiger partial charge in [-0.3, -0.25) is 4.79 Å². The second-order valence-electron chi connectivity index (χ2n) is 6.09. The monoisotopic (exact) mass is 348 g/mol. The highest BCUT2D eigenvalue weighted by Gasteiger charge is 2.15. The molecule has 0 fully saturated rings. The molecule has 0 aliphatic rings. The summed E-state index contributed by atoms with van der Waals surface area (Å²) >= 11 is 1.31. The molecule has 2 N–H and O–H groups in total. The predicted octanol–water partition coefficient (Wildman–Crippen LogP) is 3.06. The maximum Gasteiger partial charge on any atom is 0.407 e. The topological polar surface area (TPSA) is 93.2 Å². The number of nitrogens with one attached hydrogen (secondary N) is 2. The van der Waals surface area contributed by atoms with Gasteiger partial charge in [-0.25, -0.2) is 4.79 Å². The van der Waals surface area contributed by atoms with Crippen LogP contribution in [0.15, 0.2) is 30.5 Å². The Morgan fingerprint density at radius 3 is 2.50 bits per heavy atom. The van der Waals surface area contributed by atoms with Crippen LogP contribution in [0.1, 0.15) is 27.2 Å². The molecule has 1 heterocycles. The molecule has 0 spiro atoms. The van der Waals surface area contributed by atoms with Gasteiger partial charge in [0, 0.05) is 18.7 Å². The summed E-state index contributed by atoms with van der Waals surface area (Å²) in [6, 6.07) is 7.41. The lowest BCUT2D eigenvalue weighted by atomic mass is 10.2. The first-order valence-corrected chi connectivity index (χ1v) is 8.25. The van der Waals surface area contributed by atoms with Gasteiger partial charge >= 0.3 is 6.09 Å². The summed E-state index contributed by atoms with van der Waals surface area (Å²) < 4.78 is 8.91. The zero-order valence-electron chi connectivity index (χ0n) is 13.8. The van der Waals surface area contributed by atoms with Gasteiger partial charge in [0.25, 0.3) is 0 Å². The summed E-state index contributed by atoms with van der Waals surface area (Å²) in [6.07, 6.45) is 1.33. The maximum absolute atomic E-state index is 11.9. The van der Waals surface area contributed by atoms with Crippen molar-refractivity contribution in [2.45, 2.75) is 32.8 Å². The van der Waals surface area contributed by atoms with Crippen molar-refractivity contribution in [1.29, 1.82) is 0 Å². The molecule has 0 atom stereocenters.